The molecule has 1 N–H and O–H groups in total. The van der Waals surface area contributed by atoms with Crippen LogP contribution >= 0.6 is 0 Å². The summed E-state index contributed by atoms with van der Waals surface area (Å²) in [5.74, 6) is 0.336. The van der Waals surface area contributed by atoms with Gasteiger partial charge in [0, 0.05) is 18.6 Å². The summed E-state index contributed by atoms with van der Waals surface area (Å²) >= 11 is 0. The quantitative estimate of drug-likeness (QED) is 0.812. The minimum atomic E-state index is -0.948. The zero-order valence-corrected chi connectivity index (χ0v) is 10.0. The molecule has 1 aliphatic rings. The van der Waals surface area contributed by atoms with Gasteiger partial charge in [0.15, 0.2) is 0 Å². The van der Waals surface area contributed by atoms with Gasteiger partial charge in [-0.2, -0.15) is 0 Å². The molecule has 1 heterocycles. The molecule has 1 aliphatic heterocycles. The van der Waals surface area contributed by atoms with E-state index in [-0.39, 0.29) is 0 Å². The number of carbonyl (C=O) groups is 1. The monoisotopic (exact) mass is 248 g/mol. The van der Waals surface area contributed by atoms with E-state index < -0.39 is 5.97 Å². The third-order valence-electron chi connectivity index (χ3n) is 2.81. The number of aliphatic carboxylic acids is 1. The molecule has 1 fully saturated rings. The number of ether oxygens (including phenoxy) is 2. The van der Waals surface area contributed by atoms with Crippen molar-refractivity contribution in [2.24, 2.45) is 5.92 Å². The molecule has 0 aromatic heterocycles. The highest BCUT2D eigenvalue weighted by Crippen LogP contribution is 2.17. The van der Waals surface area contributed by atoms with E-state index >= 15 is 0 Å². The van der Waals surface area contributed by atoms with Crippen LogP contribution in [0.4, 0.5) is 0 Å². The van der Waals surface area contributed by atoms with E-state index in [1.165, 1.54) is 0 Å². The summed E-state index contributed by atoms with van der Waals surface area (Å²) in [4.78, 5) is 10.4. The van der Waals surface area contributed by atoms with Gasteiger partial charge < -0.3 is 14.6 Å². The maximum absolute atomic E-state index is 10.4. The number of carboxylic acids is 1. The van der Waals surface area contributed by atoms with E-state index in [1.807, 2.05) is 24.3 Å². The van der Waals surface area contributed by atoms with E-state index in [9.17, 15) is 4.79 Å². The predicted octanol–water partition coefficient (Wildman–Crippen LogP) is 2.20. The van der Waals surface area contributed by atoms with Gasteiger partial charge in [0.2, 0.25) is 0 Å². The van der Waals surface area contributed by atoms with Crippen LogP contribution in [0.2, 0.25) is 0 Å². The first-order valence-corrected chi connectivity index (χ1v) is 5.95. The van der Waals surface area contributed by atoms with Crippen molar-refractivity contribution < 1.29 is 19.4 Å². The lowest BCUT2D eigenvalue weighted by atomic mass is 10.1. The molecule has 1 atom stereocenters. The SMILES string of the molecule is O=C(O)C=Cc1ccc(OCC2CCOC2)cc1. The third kappa shape index (κ3) is 3.89. The number of benzene rings is 1. The molecular weight excluding hydrogens is 232 g/mol. The Hall–Kier alpha value is -1.81. The second-order valence-corrected chi connectivity index (χ2v) is 4.28. The topological polar surface area (TPSA) is 55.8 Å². The summed E-state index contributed by atoms with van der Waals surface area (Å²) in [6, 6.07) is 7.36. The highest BCUT2D eigenvalue weighted by atomic mass is 16.5. The highest BCUT2D eigenvalue weighted by molar-refractivity contribution is 5.85. The minimum Gasteiger partial charge on any atom is -0.493 e. The molecule has 1 aromatic carbocycles. The summed E-state index contributed by atoms with van der Waals surface area (Å²) < 4.78 is 10.9. The molecule has 1 aromatic rings. The molecule has 1 unspecified atom stereocenters. The molecule has 0 bridgehead atoms. The van der Waals surface area contributed by atoms with Crippen LogP contribution in [0.3, 0.4) is 0 Å². The fourth-order valence-corrected chi connectivity index (χ4v) is 1.77. The van der Waals surface area contributed by atoms with Crippen LogP contribution in [0.5, 0.6) is 5.75 Å². The number of carboxylic acid groups (broad SMARTS) is 1. The summed E-state index contributed by atoms with van der Waals surface area (Å²) in [5.41, 5.74) is 0.842. The van der Waals surface area contributed by atoms with Crippen LogP contribution < -0.4 is 4.74 Å². The minimum absolute atomic E-state index is 0.483. The lowest BCUT2D eigenvalue weighted by molar-refractivity contribution is -0.131. The van der Waals surface area contributed by atoms with Crippen LogP contribution in [-0.4, -0.2) is 30.9 Å². The third-order valence-corrected chi connectivity index (χ3v) is 2.81. The van der Waals surface area contributed by atoms with Crippen LogP contribution in [0.1, 0.15) is 12.0 Å². The van der Waals surface area contributed by atoms with Crippen molar-refractivity contribution in [3.63, 3.8) is 0 Å². The first-order valence-electron chi connectivity index (χ1n) is 5.95. The number of hydrogen-bond acceptors (Lipinski definition) is 3. The average molecular weight is 248 g/mol. The maximum Gasteiger partial charge on any atom is 0.328 e. The Labute approximate surface area is 106 Å². The Morgan fingerprint density at radius 3 is 2.83 bits per heavy atom. The van der Waals surface area contributed by atoms with E-state index in [2.05, 4.69) is 0 Å². The van der Waals surface area contributed by atoms with Crippen LogP contribution in [0.15, 0.2) is 30.3 Å². The molecular formula is C14H16O4. The van der Waals surface area contributed by atoms with Crippen LogP contribution in [0.25, 0.3) is 6.08 Å². The van der Waals surface area contributed by atoms with Crippen molar-refractivity contribution in [2.75, 3.05) is 19.8 Å². The van der Waals surface area contributed by atoms with E-state index in [0.29, 0.717) is 12.5 Å². The smallest absolute Gasteiger partial charge is 0.328 e. The zero-order valence-electron chi connectivity index (χ0n) is 10.0. The molecule has 4 nitrogen and oxygen atoms in total. The summed E-state index contributed by atoms with van der Waals surface area (Å²) in [6.07, 6.45) is 3.72. The second-order valence-electron chi connectivity index (χ2n) is 4.28. The van der Waals surface area contributed by atoms with Gasteiger partial charge in [-0.25, -0.2) is 4.79 Å². The van der Waals surface area contributed by atoms with Crippen molar-refractivity contribution in [1.82, 2.24) is 0 Å². The second kappa shape index (κ2) is 6.21. The molecule has 18 heavy (non-hydrogen) atoms. The van der Waals surface area contributed by atoms with Gasteiger partial charge in [0.05, 0.1) is 13.2 Å². The lowest BCUT2D eigenvalue weighted by Crippen LogP contribution is -2.11. The van der Waals surface area contributed by atoms with Crippen LogP contribution in [-0.2, 0) is 9.53 Å². The molecule has 0 spiro atoms. The summed E-state index contributed by atoms with van der Waals surface area (Å²) in [5, 5.41) is 8.51. The Kier molecular flexibility index (Phi) is 4.36. The summed E-state index contributed by atoms with van der Waals surface area (Å²) in [6.45, 7) is 2.27. The molecule has 1 saturated heterocycles. The van der Waals surface area contributed by atoms with Crippen molar-refractivity contribution in [1.29, 1.82) is 0 Å². The fourth-order valence-electron chi connectivity index (χ4n) is 1.77. The number of hydrogen-bond donors (Lipinski definition) is 1. The Morgan fingerprint density at radius 2 is 2.22 bits per heavy atom. The van der Waals surface area contributed by atoms with E-state index in [4.69, 9.17) is 14.6 Å². The van der Waals surface area contributed by atoms with Crippen LogP contribution in [0, 0.1) is 5.92 Å². The predicted molar refractivity (Wildman–Crippen MR) is 67.5 cm³/mol. The van der Waals surface area contributed by atoms with Gasteiger partial charge in [0.1, 0.15) is 5.75 Å². The summed E-state index contributed by atoms with van der Waals surface area (Å²) in [7, 11) is 0. The first kappa shape index (κ1) is 12.6. The van der Waals surface area contributed by atoms with Gasteiger partial charge in [-0.1, -0.05) is 12.1 Å². The molecule has 96 valence electrons. The van der Waals surface area contributed by atoms with Crippen molar-refractivity contribution in [3.8, 4) is 5.75 Å². The largest absolute Gasteiger partial charge is 0.493 e. The Morgan fingerprint density at radius 1 is 1.44 bits per heavy atom. The molecule has 0 aliphatic carbocycles. The van der Waals surface area contributed by atoms with Crippen molar-refractivity contribution in [3.05, 3.63) is 35.9 Å². The molecule has 0 amide bonds. The van der Waals surface area contributed by atoms with Gasteiger partial charge in [0.25, 0.3) is 0 Å². The lowest BCUT2D eigenvalue weighted by Gasteiger charge is -2.10. The highest BCUT2D eigenvalue weighted by Gasteiger charge is 2.15. The first-order chi connectivity index (χ1) is 8.74. The van der Waals surface area contributed by atoms with Gasteiger partial charge in [-0.15, -0.1) is 0 Å². The Balaban J connectivity index is 1.85. The molecule has 4 heteroatoms. The van der Waals surface area contributed by atoms with E-state index in [0.717, 1.165) is 37.0 Å². The van der Waals surface area contributed by atoms with Gasteiger partial charge in [-0.05, 0) is 30.2 Å². The average Bonchev–Trinajstić information content (AvgIpc) is 2.88. The van der Waals surface area contributed by atoms with E-state index in [1.54, 1.807) is 6.08 Å². The molecule has 0 saturated carbocycles. The molecule has 0 radical (unpaired) electrons. The van der Waals surface area contributed by atoms with Crippen molar-refractivity contribution in [2.45, 2.75) is 6.42 Å². The number of rotatable bonds is 5. The Bertz CT molecular complexity index is 416. The van der Waals surface area contributed by atoms with Gasteiger partial charge >= 0.3 is 5.97 Å². The van der Waals surface area contributed by atoms with Crippen molar-refractivity contribution >= 4 is 12.0 Å². The van der Waals surface area contributed by atoms with Gasteiger partial charge in [-0.3, -0.25) is 0 Å². The standard InChI is InChI=1S/C14H16O4/c15-14(16)6-3-11-1-4-13(5-2-11)18-10-12-7-8-17-9-12/h1-6,12H,7-10H2,(H,15,16). The normalized spacial score (nSPS) is 19.2. The molecule has 2 rings (SSSR count). The zero-order chi connectivity index (χ0) is 12.8. The maximum atomic E-state index is 10.4. The fraction of sp³-hybridized carbons (Fsp3) is 0.357.